The van der Waals surface area contributed by atoms with E-state index in [9.17, 15) is 4.79 Å². The number of aryl methyl sites for hydroxylation is 1. The minimum atomic E-state index is 0. The maximum Gasteiger partial charge on any atom is 0.240 e. The van der Waals surface area contributed by atoms with Crippen molar-refractivity contribution in [1.29, 1.82) is 0 Å². The van der Waals surface area contributed by atoms with E-state index < -0.39 is 0 Å². The average molecular weight is 347 g/mol. The molecule has 2 aromatic rings. The van der Waals surface area contributed by atoms with Gasteiger partial charge < -0.3 is 15.2 Å². The van der Waals surface area contributed by atoms with Crippen molar-refractivity contribution in [3.63, 3.8) is 0 Å². The van der Waals surface area contributed by atoms with Gasteiger partial charge in [0.2, 0.25) is 5.91 Å². The second-order valence-electron chi connectivity index (χ2n) is 5.00. The van der Waals surface area contributed by atoms with E-state index in [1.54, 1.807) is 0 Å². The number of amides is 1. The predicted octanol–water partition coefficient (Wildman–Crippen LogP) is 2.30. The minimum absolute atomic E-state index is 0. The molecule has 1 aromatic carbocycles. The van der Waals surface area contributed by atoms with Gasteiger partial charge in [-0.3, -0.25) is 4.79 Å². The first kappa shape index (κ1) is 20.7. The van der Waals surface area contributed by atoms with Crippen molar-refractivity contribution in [2.75, 3.05) is 13.1 Å². The van der Waals surface area contributed by atoms with Crippen molar-refractivity contribution in [3.8, 4) is 0 Å². The summed E-state index contributed by atoms with van der Waals surface area (Å²) in [6, 6.07) is 8.15. The molecule has 0 aliphatic rings. The quantitative estimate of drug-likeness (QED) is 0.843. The summed E-state index contributed by atoms with van der Waals surface area (Å²) < 4.78 is 1.95. The number of fused-ring (bicyclic) bond motifs is 1. The van der Waals surface area contributed by atoms with Gasteiger partial charge in [0.25, 0.3) is 0 Å². The van der Waals surface area contributed by atoms with Crippen LogP contribution in [-0.4, -0.2) is 34.6 Å². The van der Waals surface area contributed by atoms with Crippen LogP contribution in [-0.2, 0) is 11.3 Å². The normalized spacial score (nSPS) is 11.4. The molecule has 2 N–H and O–H groups in total. The standard InChI is InChI=1S/C15H22N4O.2ClH/c1-4-16-11(2)9-17-15(20)10-19-12(3)18-13-7-5-6-8-14(13)19;;/h5-8,11,16H,4,9-10H2,1-3H3,(H,17,20);2*1H/t11-;;/m1../s1. The number of benzene rings is 1. The van der Waals surface area contributed by atoms with Crippen LogP contribution in [0.25, 0.3) is 11.0 Å². The molecule has 7 heteroatoms. The van der Waals surface area contributed by atoms with Crippen LogP contribution in [0.1, 0.15) is 19.7 Å². The van der Waals surface area contributed by atoms with Gasteiger partial charge in [0.1, 0.15) is 12.4 Å². The highest BCUT2D eigenvalue weighted by Crippen LogP contribution is 2.14. The number of para-hydroxylation sites is 2. The average Bonchev–Trinajstić information content (AvgIpc) is 2.73. The molecule has 0 aliphatic carbocycles. The summed E-state index contributed by atoms with van der Waals surface area (Å²) in [4.78, 5) is 16.5. The number of carbonyl (C=O) groups is 1. The van der Waals surface area contributed by atoms with E-state index >= 15 is 0 Å². The summed E-state index contributed by atoms with van der Waals surface area (Å²) in [6.45, 7) is 7.89. The summed E-state index contributed by atoms with van der Waals surface area (Å²) in [6.07, 6.45) is 0. The van der Waals surface area contributed by atoms with Crippen molar-refractivity contribution in [3.05, 3.63) is 30.1 Å². The Labute approximate surface area is 143 Å². The van der Waals surface area contributed by atoms with E-state index in [1.165, 1.54) is 0 Å². The van der Waals surface area contributed by atoms with Gasteiger partial charge in [0, 0.05) is 12.6 Å². The molecule has 0 radical (unpaired) electrons. The molecule has 0 unspecified atom stereocenters. The number of halogens is 2. The van der Waals surface area contributed by atoms with E-state index in [0.717, 1.165) is 23.4 Å². The Bertz CT molecular complexity index is 600. The SMILES string of the molecule is CCN[C@H](C)CNC(=O)Cn1c(C)nc2ccccc21.Cl.Cl. The number of aromatic nitrogens is 2. The van der Waals surface area contributed by atoms with Gasteiger partial charge in [-0.2, -0.15) is 0 Å². The van der Waals surface area contributed by atoms with Gasteiger partial charge in [-0.25, -0.2) is 4.98 Å². The van der Waals surface area contributed by atoms with Crippen molar-refractivity contribution in [2.24, 2.45) is 0 Å². The Balaban J connectivity index is 0.00000220. The lowest BCUT2D eigenvalue weighted by atomic mass is 10.3. The third kappa shape index (κ3) is 5.16. The van der Waals surface area contributed by atoms with Crippen molar-refractivity contribution in [2.45, 2.75) is 33.4 Å². The molecule has 124 valence electrons. The molecule has 0 bridgehead atoms. The van der Waals surface area contributed by atoms with E-state index in [0.29, 0.717) is 13.1 Å². The molecule has 0 saturated heterocycles. The first-order chi connectivity index (χ1) is 9.61. The Hall–Kier alpha value is -1.30. The molecule has 1 atom stereocenters. The zero-order valence-corrected chi connectivity index (χ0v) is 14.8. The van der Waals surface area contributed by atoms with Crippen LogP contribution in [0.2, 0.25) is 0 Å². The monoisotopic (exact) mass is 346 g/mol. The molecule has 0 aliphatic heterocycles. The van der Waals surface area contributed by atoms with Gasteiger partial charge in [0.05, 0.1) is 11.0 Å². The molecule has 2 rings (SSSR count). The Kier molecular flexibility index (Phi) is 9.09. The van der Waals surface area contributed by atoms with Crippen LogP contribution in [0.15, 0.2) is 24.3 Å². The molecule has 1 aromatic heterocycles. The molecule has 1 heterocycles. The van der Waals surface area contributed by atoms with Gasteiger partial charge in [-0.05, 0) is 32.5 Å². The molecular formula is C15H24Cl2N4O. The Morgan fingerprint density at radius 1 is 1.32 bits per heavy atom. The van der Waals surface area contributed by atoms with Gasteiger partial charge >= 0.3 is 0 Å². The number of nitrogens with zero attached hydrogens (tertiary/aromatic N) is 2. The number of nitrogens with one attached hydrogen (secondary N) is 2. The maximum absolute atomic E-state index is 12.0. The van der Waals surface area contributed by atoms with Crippen LogP contribution in [0.4, 0.5) is 0 Å². The smallest absolute Gasteiger partial charge is 0.240 e. The van der Waals surface area contributed by atoms with Gasteiger partial charge in [-0.15, -0.1) is 24.8 Å². The predicted molar refractivity (Wildman–Crippen MR) is 95.1 cm³/mol. The number of rotatable bonds is 6. The van der Waals surface area contributed by atoms with Crippen LogP contribution in [0.3, 0.4) is 0 Å². The highest BCUT2D eigenvalue weighted by Gasteiger charge is 2.11. The highest BCUT2D eigenvalue weighted by atomic mass is 35.5. The van der Waals surface area contributed by atoms with E-state index in [4.69, 9.17) is 0 Å². The second-order valence-corrected chi connectivity index (χ2v) is 5.00. The number of hydrogen-bond donors (Lipinski definition) is 2. The fourth-order valence-corrected chi connectivity index (χ4v) is 2.28. The largest absolute Gasteiger partial charge is 0.353 e. The molecule has 1 amide bonds. The van der Waals surface area contributed by atoms with Crippen LogP contribution in [0, 0.1) is 6.92 Å². The summed E-state index contributed by atoms with van der Waals surface area (Å²) in [7, 11) is 0. The van der Waals surface area contributed by atoms with E-state index in [2.05, 4.69) is 29.5 Å². The number of imidazole rings is 1. The number of likely N-dealkylation sites (N-methyl/N-ethyl adjacent to an activating group) is 1. The first-order valence-electron chi connectivity index (χ1n) is 7.03. The summed E-state index contributed by atoms with van der Waals surface area (Å²) in [5.41, 5.74) is 1.93. The van der Waals surface area contributed by atoms with E-state index in [1.807, 2.05) is 35.8 Å². The molecule has 5 nitrogen and oxygen atoms in total. The summed E-state index contributed by atoms with van der Waals surface area (Å²) in [5, 5.41) is 6.21. The van der Waals surface area contributed by atoms with Crippen LogP contribution in [0.5, 0.6) is 0 Å². The molecule has 0 saturated carbocycles. The molecule has 0 spiro atoms. The number of carbonyl (C=O) groups excluding carboxylic acids is 1. The first-order valence-corrected chi connectivity index (χ1v) is 7.03. The fourth-order valence-electron chi connectivity index (χ4n) is 2.28. The van der Waals surface area contributed by atoms with Crippen LogP contribution < -0.4 is 10.6 Å². The lowest BCUT2D eigenvalue weighted by Gasteiger charge is -2.14. The number of hydrogen-bond acceptors (Lipinski definition) is 3. The zero-order valence-electron chi connectivity index (χ0n) is 13.1. The molecular weight excluding hydrogens is 323 g/mol. The minimum Gasteiger partial charge on any atom is -0.353 e. The molecule has 22 heavy (non-hydrogen) atoms. The lowest BCUT2D eigenvalue weighted by molar-refractivity contribution is -0.121. The van der Waals surface area contributed by atoms with Gasteiger partial charge in [0.15, 0.2) is 0 Å². The van der Waals surface area contributed by atoms with Gasteiger partial charge in [-0.1, -0.05) is 19.1 Å². The third-order valence-electron chi connectivity index (χ3n) is 3.31. The fraction of sp³-hybridized carbons (Fsp3) is 0.467. The Morgan fingerprint density at radius 2 is 2.00 bits per heavy atom. The Morgan fingerprint density at radius 3 is 2.68 bits per heavy atom. The zero-order chi connectivity index (χ0) is 14.5. The topological polar surface area (TPSA) is 58.9 Å². The van der Waals surface area contributed by atoms with E-state index in [-0.39, 0.29) is 36.8 Å². The van der Waals surface area contributed by atoms with Crippen LogP contribution >= 0.6 is 24.8 Å². The maximum atomic E-state index is 12.0. The second kappa shape index (κ2) is 9.66. The third-order valence-corrected chi connectivity index (χ3v) is 3.31. The highest BCUT2D eigenvalue weighted by molar-refractivity contribution is 5.85. The summed E-state index contributed by atoms with van der Waals surface area (Å²) in [5.74, 6) is 0.877. The van der Waals surface area contributed by atoms with Crippen molar-refractivity contribution < 1.29 is 4.79 Å². The lowest BCUT2D eigenvalue weighted by Crippen LogP contribution is -2.40. The molecule has 0 fully saturated rings. The summed E-state index contributed by atoms with van der Waals surface area (Å²) >= 11 is 0. The van der Waals surface area contributed by atoms with Crippen molar-refractivity contribution >= 4 is 41.8 Å². The van der Waals surface area contributed by atoms with Crippen molar-refractivity contribution in [1.82, 2.24) is 20.2 Å².